The van der Waals surface area contributed by atoms with Crippen molar-refractivity contribution in [1.29, 1.82) is 0 Å². The van der Waals surface area contributed by atoms with Crippen molar-refractivity contribution in [2.24, 2.45) is 0 Å². The van der Waals surface area contributed by atoms with Gasteiger partial charge in [0.05, 0.1) is 29.1 Å². The highest BCUT2D eigenvalue weighted by atomic mass is 32.2. The third-order valence-electron chi connectivity index (χ3n) is 4.69. The predicted octanol–water partition coefficient (Wildman–Crippen LogP) is 1.41. The maximum absolute atomic E-state index is 12.4. The molecule has 0 saturated carbocycles. The molecule has 2 rings (SSSR count). The number of methoxy groups -OCH3 is 1. The lowest BCUT2D eigenvalue weighted by Crippen LogP contribution is -2.26. The molecule has 0 bridgehead atoms. The van der Waals surface area contributed by atoms with Crippen LogP contribution in [-0.2, 0) is 37.3 Å². The number of rotatable bonds is 13. The number of carbonyl (C=O) groups excluding carboxylic acids is 1. The predicted molar refractivity (Wildman–Crippen MR) is 115 cm³/mol. The maximum atomic E-state index is 12.4. The summed E-state index contributed by atoms with van der Waals surface area (Å²) in [6.07, 6.45) is 1.54. The maximum Gasteiger partial charge on any atom is 0.242 e. The Morgan fingerprint density at radius 1 is 1.23 bits per heavy atom. The molecule has 0 atom stereocenters. The Morgan fingerprint density at radius 2 is 2.00 bits per heavy atom. The van der Waals surface area contributed by atoms with Crippen LogP contribution in [0.2, 0.25) is 0 Å². The molecule has 2 aromatic rings. The zero-order chi connectivity index (χ0) is 22.1. The standard InChI is InChI=1S/C20H32N4O5S/c1-5-24-18-8-7-16(30(26,27)23(2)3)15-17(18)22-19(24)9-10-20(25)21-11-6-12-29-14-13-28-4/h7-8,15H,5-6,9-14H2,1-4H3,(H,21,25). The van der Waals surface area contributed by atoms with Crippen LogP contribution in [0.1, 0.15) is 25.6 Å². The summed E-state index contributed by atoms with van der Waals surface area (Å²) in [6.45, 7) is 4.93. The van der Waals surface area contributed by atoms with Crippen LogP contribution in [0.5, 0.6) is 0 Å². The normalized spacial score (nSPS) is 12.0. The fraction of sp³-hybridized carbons (Fsp3) is 0.600. The van der Waals surface area contributed by atoms with Gasteiger partial charge in [-0.1, -0.05) is 0 Å². The molecule has 0 spiro atoms. The average molecular weight is 441 g/mol. The number of hydrogen-bond donors (Lipinski definition) is 1. The largest absolute Gasteiger partial charge is 0.382 e. The first-order valence-corrected chi connectivity index (χ1v) is 11.5. The Bertz CT molecular complexity index is 940. The van der Waals surface area contributed by atoms with Gasteiger partial charge in [-0.3, -0.25) is 4.79 Å². The number of fused-ring (bicyclic) bond motifs is 1. The van der Waals surface area contributed by atoms with Crippen LogP contribution >= 0.6 is 0 Å². The van der Waals surface area contributed by atoms with Crippen molar-refractivity contribution in [3.63, 3.8) is 0 Å². The van der Waals surface area contributed by atoms with Crippen molar-refractivity contribution in [2.75, 3.05) is 47.6 Å². The van der Waals surface area contributed by atoms with E-state index in [0.717, 1.165) is 17.8 Å². The highest BCUT2D eigenvalue weighted by molar-refractivity contribution is 7.89. The smallest absolute Gasteiger partial charge is 0.242 e. The number of carbonyl (C=O) groups is 1. The molecule has 0 unspecified atom stereocenters. The number of hydrogen-bond acceptors (Lipinski definition) is 6. The van der Waals surface area contributed by atoms with Crippen LogP contribution in [0.4, 0.5) is 0 Å². The van der Waals surface area contributed by atoms with E-state index in [1.165, 1.54) is 18.4 Å². The zero-order valence-corrected chi connectivity index (χ0v) is 19.0. The van der Waals surface area contributed by atoms with Gasteiger partial charge in [0.1, 0.15) is 5.82 Å². The lowest BCUT2D eigenvalue weighted by molar-refractivity contribution is -0.121. The molecule has 0 aliphatic carbocycles. The van der Waals surface area contributed by atoms with Crippen molar-refractivity contribution in [1.82, 2.24) is 19.2 Å². The number of imidazole rings is 1. The number of ether oxygens (including phenoxy) is 2. The van der Waals surface area contributed by atoms with Gasteiger partial charge in [0.2, 0.25) is 15.9 Å². The van der Waals surface area contributed by atoms with Crippen molar-refractivity contribution >= 4 is 27.0 Å². The van der Waals surface area contributed by atoms with Crippen LogP contribution in [-0.4, -0.2) is 75.8 Å². The summed E-state index contributed by atoms with van der Waals surface area (Å²) in [5, 5.41) is 2.88. The van der Waals surface area contributed by atoms with E-state index in [2.05, 4.69) is 10.3 Å². The second-order valence-electron chi connectivity index (χ2n) is 7.02. The van der Waals surface area contributed by atoms with Gasteiger partial charge in [-0.2, -0.15) is 0 Å². The molecule has 0 aliphatic rings. The quantitative estimate of drug-likeness (QED) is 0.473. The number of amides is 1. The number of benzene rings is 1. The van der Waals surface area contributed by atoms with Gasteiger partial charge in [0, 0.05) is 53.7 Å². The molecule has 30 heavy (non-hydrogen) atoms. The molecule has 0 fully saturated rings. The molecule has 168 valence electrons. The Hall–Kier alpha value is -2.01. The van der Waals surface area contributed by atoms with Gasteiger partial charge in [-0.25, -0.2) is 17.7 Å². The minimum atomic E-state index is -3.52. The minimum absolute atomic E-state index is 0.0440. The zero-order valence-electron chi connectivity index (χ0n) is 18.2. The third-order valence-corrected chi connectivity index (χ3v) is 6.50. The molecular formula is C20H32N4O5S. The van der Waals surface area contributed by atoms with Crippen LogP contribution in [0, 0.1) is 0 Å². The number of aromatic nitrogens is 2. The minimum Gasteiger partial charge on any atom is -0.382 e. The van der Waals surface area contributed by atoms with Gasteiger partial charge in [-0.05, 0) is 31.5 Å². The van der Waals surface area contributed by atoms with Gasteiger partial charge in [-0.15, -0.1) is 0 Å². The van der Waals surface area contributed by atoms with E-state index in [0.29, 0.717) is 51.3 Å². The summed E-state index contributed by atoms with van der Waals surface area (Å²) in [5.74, 6) is 0.724. The number of nitrogens with zero attached hydrogens (tertiary/aromatic N) is 3. The van der Waals surface area contributed by atoms with Crippen molar-refractivity contribution < 1.29 is 22.7 Å². The molecular weight excluding hydrogens is 408 g/mol. The Labute approximate surface area is 178 Å². The molecule has 9 nitrogen and oxygen atoms in total. The molecule has 0 radical (unpaired) electrons. The lowest BCUT2D eigenvalue weighted by atomic mass is 10.2. The highest BCUT2D eigenvalue weighted by Crippen LogP contribution is 2.22. The van der Waals surface area contributed by atoms with E-state index >= 15 is 0 Å². The van der Waals surface area contributed by atoms with E-state index in [4.69, 9.17) is 9.47 Å². The van der Waals surface area contributed by atoms with Crippen molar-refractivity contribution in [3.8, 4) is 0 Å². The van der Waals surface area contributed by atoms with Crippen LogP contribution < -0.4 is 5.32 Å². The SMILES string of the molecule is CCn1c(CCC(=O)NCCCOCCOC)nc2cc(S(=O)(=O)N(C)C)ccc21. The lowest BCUT2D eigenvalue weighted by Gasteiger charge is -2.11. The average Bonchev–Trinajstić information content (AvgIpc) is 3.08. The second kappa shape index (κ2) is 11.4. The van der Waals surface area contributed by atoms with Gasteiger partial charge < -0.3 is 19.4 Å². The van der Waals surface area contributed by atoms with Crippen molar-refractivity contribution in [2.45, 2.75) is 37.6 Å². The first kappa shape index (κ1) is 24.3. The summed E-state index contributed by atoms with van der Waals surface area (Å²) >= 11 is 0. The summed E-state index contributed by atoms with van der Waals surface area (Å²) in [5.41, 5.74) is 1.47. The molecule has 1 amide bonds. The van der Waals surface area contributed by atoms with Crippen LogP contribution in [0.15, 0.2) is 23.1 Å². The van der Waals surface area contributed by atoms with Gasteiger partial charge in [0.15, 0.2) is 0 Å². The number of nitrogens with one attached hydrogen (secondary N) is 1. The first-order chi connectivity index (χ1) is 14.3. The van der Waals surface area contributed by atoms with Gasteiger partial charge >= 0.3 is 0 Å². The summed E-state index contributed by atoms with van der Waals surface area (Å²) < 4.78 is 38.2. The van der Waals surface area contributed by atoms with Crippen molar-refractivity contribution in [3.05, 3.63) is 24.0 Å². The summed E-state index contributed by atoms with van der Waals surface area (Å²) in [7, 11) is 1.10. The topological polar surface area (TPSA) is 103 Å². The highest BCUT2D eigenvalue weighted by Gasteiger charge is 2.19. The second-order valence-corrected chi connectivity index (χ2v) is 9.17. The fourth-order valence-corrected chi connectivity index (χ4v) is 3.96. The van der Waals surface area contributed by atoms with E-state index < -0.39 is 10.0 Å². The van der Waals surface area contributed by atoms with E-state index in [1.54, 1.807) is 25.3 Å². The monoisotopic (exact) mass is 440 g/mol. The molecule has 10 heteroatoms. The summed E-state index contributed by atoms with van der Waals surface area (Å²) in [6, 6.07) is 4.95. The Morgan fingerprint density at radius 3 is 2.67 bits per heavy atom. The van der Waals surface area contributed by atoms with E-state index in [9.17, 15) is 13.2 Å². The molecule has 1 heterocycles. The van der Waals surface area contributed by atoms with E-state index in [-0.39, 0.29) is 10.8 Å². The Balaban J connectivity index is 1.96. The van der Waals surface area contributed by atoms with Crippen LogP contribution in [0.3, 0.4) is 0 Å². The van der Waals surface area contributed by atoms with Gasteiger partial charge in [0.25, 0.3) is 0 Å². The first-order valence-electron chi connectivity index (χ1n) is 10.1. The molecule has 0 aliphatic heterocycles. The third kappa shape index (κ3) is 6.24. The molecule has 1 N–H and O–H groups in total. The Kier molecular flexibility index (Phi) is 9.22. The van der Waals surface area contributed by atoms with Crippen LogP contribution in [0.25, 0.3) is 11.0 Å². The summed E-state index contributed by atoms with van der Waals surface area (Å²) in [4.78, 5) is 16.9. The molecule has 1 aromatic carbocycles. The molecule has 1 aromatic heterocycles. The van der Waals surface area contributed by atoms with E-state index in [1.807, 2.05) is 11.5 Å². The number of sulfonamides is 1. The molecule has 0 saturated heterocycles. The fourth-order valence-electron chi connectivity index (χ4n) is 3.03. The number of aryl methyl sites for hydroxylation is 2.